The second kappa shape index (κ2) is 10.9. The lowest BCUT2D eigenvalue weighted by atomic mass is 9.45. The lowest BCUT2D eigenvalue weighted by Gasteiger charge is -2.61. The van der Waals surface area contributed by atoms with Gasteiger partial charge in [-0.1, -0.05) is 12.5 Å². The maximum absolute atomic E-state index is 13.1. The monoisotopic (exact) mass is 574 g/mol. The smallest absolute Gasteiger partial charge is 0.293 e. The molecule has 6 aliphatic rings. The van der Waals surface area contributed by atoms with Crippen LogP contribution < -0.4 is 21.1 Å². The third kappa shape index (κ3) is 4.26. The van der Waals surface area contributed by atoms with Gasteiger partial charge in [-0.2, -0.15) is 0 Å². The van der Waals surface area contributed by atoms with Crippen molar-refractivity contribution in [2.75, 3.05) is 39.8 Å². The molecule has 0 aromatic heterocycles. The molecule has 10 nitrogen and oxygen atoms in total. The van der Waals surface area contributed by atoms with E-state index in [1.165, 1.54) is 0 Å². The Balaban J connectivity index is 1.45. The molecule has 0 amide bonds. The van der Waals surface area contributed by atoms with E-state index in [-0.39, 0.29) is 41.5 Å². The number of hydrogen-bond donors (Lipinski definition) is 6. The third-order valence-electron chi connectivity index (χ3n) is 12.7. The van der Waals surface area contributed by atoms with E-state index in [2.05, 4.69) is 17.2 Å². The van der Waals surface area contributed by atoms with E-state index < -0.39 is 29.2 Å². The minimum atomic E-state index is -1.64. The van der Waals surface area contributed by atoms with E-state index in [9.17, 15) is 25.2 Å². The van der Waals surface area contributed by atoms with Gasteiger partial charge in [0.2, 0.25) is 0 Å². The molecule has 230 valence electrons. The number of aliphatic carboxylic acids is 1. The summed E-state index contributed by atoms with van der Waals surface area (Å²) < 4.78 is 6.60. The first-order valence-electron chi connectivity index (χ1n) is 16.0. The normalized spacial score (nSPS) is 47.9. The van der Waals surface area contributed by atoms with Gasteiger partial charge in [0.25, 0.3) is 5.96 Å². The standard InChI is InChI=1S/C31H50N4O6/c1-18-3-6-20-13-23-26(27(38)39)31(40,25-8-5-19-4-7-22(37)14-24(19)41-25)16-29(18,23)30(20)17-35(28(32)33-2)11-9-21(30)15-34-10-12-36/h18-22,24-25,34,36-37,40H,3-17H2,1-2H3,(H2,32,33)(H,38,39). The van der Waals surface area contributed by atoms with Gasteiger partial charge in [-0.3, -0.25) is 4.90 Å². The van der Waals surface area contributed by atoms with Crippen molar-refractivity contribution in [3.05, 3.63) is 11.1 Å². The fraction of sp³-hybridized carbons (Fsp3) is 0.871. The van der Waals surface area contributed by atoms with Crippen LogP contribution in [0.1, 0.15) is 71.1 Å². The number of guanidine groups is 1. The average Bonchev–Trinajstić information content (AvgIpc) is 3.31. The van der Waals surface area contributed by atoms with Crippen molar-refractivity contribution in [3.8, 4) is 0 Å². The Bertz CT molecular complexity index is 1100. The van der Waals surface area contributed by atoms with Crippen LogP contribution in [0.15, 0.2) is 16.1 Å². The summed E-state index contributed by atoms with van der Waals surface area (Å²) in [5, 5.41) is 49.2. The number of piperidine rings is 1. The number of carbonyl (C=O) groups is 1. The summed E-state index contributed by atoms with van der Waals surface area (Å²) in [6, 6.07) is 0. The molecule has 41 heavy (non-hydrogen) atoms. The highest BCUT2D eigenvalue weighted by molar-refractivity contribution is 5.90. The first-order chi connectivity index (χ1) is 19.6. The zero-order valence-electron chi connectivity index (χ0n) is 24.7. The molecule has 0 aromatic carbocycles. The highest BCUT2D eigenvalue weighted by Gasteiger charge is 2.76. The van der Waals surface area contributed by atoms with Gasteiger partial charge in [0, 0.05) is 36.4 Å². The van der Waals surface area contributed by atoms with Gasteiger partial charge in [0.05, 0.1) is 44.0 Å². The molecular weight excluding hydrogens is 524 g/mol. The summed E-state index contributed by atoms with van der Waals surface area (Å²) in [4.78, 5) is 18.6. The molecule has 2 bridgehead atoms. The average molecular weight is 575 g/mol. The van der Waals surface area contributed by atoms with E-state index in [1.54, 1.807) is 7.05 Å². The number of allylic oxidation sites excluding steroid dienone is 1. The maximum Gasteiger partial charge on any atom is 0.293 e. The molecule has 10 heteroatoms. The van der Waals surface area contributed by atoms with E-state index in [4.69, 9.17) is 10.5 Å². The quantitative estimate of drug-likeness (QED) is 0.130. The van der Waals surface area contributed by atoms with Crippen molar-refractivity contribution in [2.24, 2.45) is 45.2 Å². The number of quaternary nitrogens is 1. The minimum Gasteiger partial charge on any atom is -0.545 e. The number of nitrogens with two attached hydrogens (primary N) is 1. The van der Waals surface area contributed by atoms with E-state index in [1.807, 2.05) is 0 Å². The van der Waals surface area contributed by atoms with Gasteiger partial charge in [-0.05, 0) is 88.0 Å². The highest BCUT2D eigenvalue weighted by Crippen LogP contribution is 2.77. The molecular formula is C31H50N4O6. The van der Waals surface area contributed by atoms with Crippen molar-refractivity contribution < 1.29 is 34.9 Å². The molecule has 0 radical (unpaired) electrons. The first kappa shape index (κ1) is 29.5. The van der Waals surface area contributed by atoms with Crippen LogP contribution in [-0.4, -0.2) is 91.0 Å². The molecule has 7 N–H and O–H groups in total. The highest BCUT2D eigenvalue weighted by atomic mass is 16.5. The summed E-state index contributed by atoms with van der Waals surface area (Å²) in [5.41, 5.74) is 5.00. The number of rotatable bonds is 6. The molecule has 11 unspecified atom stereocenters. The summed E-state index contributed by atoms with van der Waals surface area (Å²) in [6.07, 6.45) is 6.35. The number of ether oxygens (including phenoxy) is 1. The predicted molar refractivity (Wildman–Crippen MR) is 151 cm³/mol. The Morgan fingerprint density at radius 1 is 1.22 bits per heavy atom. The van der Waals surface area contributed by atoms with Gasteiger partial charge in [-0.25, -0.2) is 4.99 Å². The van der Waals surface area contributed by atoms with Gasteiger partial charge in [-0.15, -0.1) is 0 Å². The first-order valence-corrected chi connectivity index (χ1v) is 16.0. The maximum atomic E-state index is 13.1. The van der Waals surface area contributed by atoms with Crippen molar-refractivity contribution in [3.63, 3.8) is 0 Å². The number of hydrogen-bond acceptors (Lipinski definition) is 8. The lowest BCUT2D eigenvalue weighted by Crippen LogP contribution is -3.19. The topological polar surface area (TPSA) is 165 Å². The number of nitrogens with one attached hydrogen (secondary N) is 2. The SMILES string of the molecule is CN=C(N)[NH+]1CCC(CNCCO)C2(C1)C1CCC(C)C23CC(O)(C2CCC4CCC(O)CC4O2)C(C(=O)[O-])=C3C1. The number of fused-ring (bicyclic) bond motifs is 1. The summed E-state index contributed by atoms with van der Waals surface area (Å²) in [5.74, 6) is 0.341. The molecule has 5 fully saturated rings. The van der Waals surface area contributed by atoms with E-state index in [0.29, 0.717) is 44.1 Å². The minimum absolute atomic E-state index is 0.0626. The Labute approximate surface area is 243 Å². The number of carboxylic acid groups (broad SMARTS) is 1. The number of aliphatic hydroxyl groups is 3. The Kier molecular flexibility index (Phi) is 7.82. The van der Waals surface area contributed by atoms with Crippen LogP contribution in [0.2, 0.25) is 0 Å². The number of carbonyl (C=O) groups excluding carboxylic acids is 1. The fourth-order valence-corrected chi connectivity index (χ4v) is 11.1. The lowest BCUT2D eigenvalue weighted by molar-refractivity contribution is -0.828. The second-order valence-corrected chi connectivity index (χ2v) is 14.2. The molecule has 6 rings (SSSR count). The van der Waals surface area contributed by atoms with E-state index >= 15 is 0 Å². The van der Waals surface area contributed by atoms with Crippen LogP contribution in [-0.2, 0) is 9.53 Å². The Hall–Kier alpha value is -1.56. The van der Waals surface area contributed by atoms with Crippen LogP contribution in [0.25, 0.3) is 0 Å². The summed E-state index contributed by atoms with van der Waals surface area (Å²) in [7, 11) is 1.73. The summed E-state index contributed by atoms with van der Waals surface area (Å²) >= 11 is 0. The predicted octanol–water partition coefficient (Wildman–Crippen LogP) is -1.27. The molecule has 2 spiro atoms. The van der Waals surface area contributed by atoms with Crippen LogP contribution in [0, 0.1) is 34.5 Å². The van der Waals surface area contributed by atoms with Gasteiger partial charge in [0.1, 0.15) is 5.60 Å². The summed E-state index contributed by atoms with van der Waals surface area (Å²) in [6.45, 7) is 5.15. The molecule has 4 aliphatic carbocycles. The molecule has 2 heterocycles. The van der Waals surface area contributed by atoms with Gasteiger partial charge in [0.15, 0.2) is 0 Å². The van der Waals surface area contributed by atoms with Crippen LogP contribution >= 0.6 is 0 Å². The van der Waals surface area contributed by atoms with Crippen molar-refractivity contribution in [1.29, 1.82) is 0 Å². The number of aliphatic hydroxyl groups excluding tert-OH is 2. The van der Waals surface area contributed by atoms with Gasteiger partial charge < -0.3 is 41.0 Å². The molecule has 11 atom stereocenters. The molecule has 2 aliphatic heterocycles. The number of aliphatic imine (C=N–C) groups is 1. The van der Waals surface area contributed by atoms with Gasteiger partial charge >= 0.3 is 0 Å². The number of nitrogens with zero attached hydrogens (tertiary/aromatic N) is 1. The van der Waals surface area contributed by atoms with E-state index in [0.717, 1.165) is 68.6 Å². The largest absolute Gasteiger partial charge is 0.545 e. The fourth-order valence-electron chi connectivity index (χ4n) is 11.1. The zero-order valence-corrected chi connectivity index (χ0v) is 24.7. The number of carboxylic acids is 1. The molecule has 0 aromatic rings. The van der Waals surface area contributed by atoms with Crippen LogP contribution in [0.3, 0.4) is 0 Å². The molecule has 2 saturated heterocycles. The zero-order chi connectivity index (χ0) is 29.2. The molecule has 3 saturated carbocycles. The number of likely N-dealkylation sites (tertiary alicyclic amines) is 1. The Morgan fingerprint density at radius 2 is 2.00 bits per heavy atom. The van der Waals surface area contributed by atoms with Crippen molar-refractivity contribution >= 4 is 11.9 Å². The second-order valence-electron chi connectivity index (χ2n) is 14.2. The van der Waals surface area contributed by atoms with Crippen molar-refractivity contribution in [2.45, 2.75) is 95.0 Å². The van der Waals surface area contributed by atoms with Crippen molar-refractivity contribution in [1.82, 2.24) is 5.32 Å². The third-order valence-corrected chi connectivity index (χ3v) is 12.7. The Morgan fingerprint density at radius 3 is 2.73 bits per heavy atom. The van der Waals surface area contributed by atoms with Crippen LogP contribution in [0.4, 0.5) is 0 Å². The van der Waals surface area contributed by atoms with Crippen LogP contribution in [0.5, 0.6) is 0 Å².